The molecular formula is C21H29N5OS. The van der Waals surface area contributed by atoms with Crippen LogP contribution in [-0.2, 0) is 17.8 Å². The number of aromatic nitrogens is 1. The fourth-order valence-electron chi connectivity index (χ4n) is 3.23. The predicted molar refractivity (Wildman–Crippen MR) is 116 cm³/mol. The number of carbonyl (C=O) groups excluding carboxylic acids is 1. The number of guanidine groups is 1. The normalized spacial score (nSPS) is 13.7. The van der Waals surface area contributed by atoms with Gasteiger partial charge in [-0.05, 0) is 30.4 Å². The molecule has 1 aliphatic heterocycles. The van der Waals surface area contributed by atoms with Crippen LogP contribution in [0.2, 0.25) is 0 Å². The fourth-order valence-corrected chi connectivity index (χ4v) is 4.13. The van der Waals surface area contributed by atoms with Crippen molar-refractivity contribution in [2.24, 2.45) is 4.99 Å². The van der Waals surface area contributed by atoms with Gasteiger partial charge in [0.2, 0.25) is 5.91 Å². The van der Waals surface area contributed by atoms with Gasteiger partial charge in [0.25, 0.3) is 0 Å². The Labute approximate surface area is 171 Å². The van der Waals surface area contributed by atoms with Crippen LogP contribution in [0.1, 0.15) is 48.9 Å². The summed E-state index contributed by atoms with van der Waals surface area (Å²) in [6, 6.07) is 8.17. The van der Waals surface area contributed by atoms with Crippen LogP contribution in [0.5, 0.6) is 0 Å². The lowest BCUT2D eigenvalue weighted by Gasteiger charge is -2.17. The Bertz CT molecular complexity index is 830. The second-order valence-corrected chi connectivity index (χ2v) is 8.14. The maximum atomic E-state index is 12.5. The highest BCUT2D eigenvalue weighted by molar-refractivity contribution is 7.09. The van der Waals surface area contributed by atoms with Gasteiger partial charge in [-0.1, -0.05) is 32.0 Å². The monoisotopic (exact) mass is 399 g/mol. The van der Waals surface area contributed by atoms with E-state index in [1.165, 1.54) is 5.56 Å². The maximum Gasteiger partial charge on any atom is 0.227 e. The fraction of sp³-hybridized carbons (Fsp3) is 0.476. The smallest absolute Gasteiger partial charge is 0.227 e. The average Bonchev–Trinajstić information content (AvgIpc) is 3.34. The van der Waals surface area contributed by atoms with Crippen LogP contribution in [0.4, 0.5) is 5.69 Å². The Morgan fingerprint density at radius 1 is 1.32 bits per heavy atom. The minimum atomic E-state index is 0.193. The van der Waals surface area contributed by atoms with Crippen molar-refractivity contribution in [3.05, 3.63) is 45.9 Å². The third-order valence-corrected chi connectivity index (χ3v) is 5.71. The molecule has 1 aliphatic rings. The summed E-state index contributed by atoms with van der Waals surface area (Å²) in [6.45, 7) is 6.45. The zero-order valence-electron chi connectivity index (χ0n) is 16.9. The Hall–Kier alpha value is -2.41. The molecule has 2 heterocycles. The van der Waals surface area contributed by atoms with Crippen LogP contribution < -0.4 is 15.5 Å². The van der Waals surface area contributed by atoms with Crippen molar-refractivity contribution in [2.45, 2.75) is 45.6 Å². The van der Waals surface area contributed by atoms with Crippen LogP contribution in [0, 0.1) is 0 Å². The quantitative estimate of drug-likeness (QED) is 0.426. The van der Waals surface area contributed by atoms with Crippen molar-refractivity contribution < 1.29 is 4.79 Å². The SMILES string of the molecule is CN=C(NCCCC(=O)N1CCc2ccccc21)NCc1nc(C(C)C)cs1. The van der Waals surface area contributed by atoms with Crippen molar-refractivity contribution in [2.75, 3.05) is 25.0 Å². The molecule has 0 unspecified atom stereocenters. The highest BCUT2D eigenvalue weighted by Crippen LogP contribution is 2.28. The molecule has 0 aliphatic carbocycles. The van der Waals surface area contributed by atoms with Crippen molar-refractivity contribution >= 4 is 28.9 Å². The van der Waals surface area contributed by atoms with Crippen LogP contribution in [-0.4, -0.2) is 37.0 Å². The van der Waals surface area contributed by atoms with Crippen molar-refractivity contribution in [1.82, 2.24) is 15.6 Å². The molecule has 0 spiro atoms. The molecule has 28 heavy (non-hydrogen) atoms. The summed E-state index contributed by atoms with van der Waals surface area (Å²) >= 11 is 1.66. The molecule has 0 atom stereocenters. The van der Waals surface area contributed by atoms with Crippen LogP contribution in [0.25, 0.3) is 0 Å². The van der Waals surface area contributed by atoms with Gasteiger partial charge >= 0.3 is 0 Å². The van der Waals surface area contributed by atoms with Gasteiger partial charge in [-0.2, -0.15) is 0 Å². The highest BCUT2D eigenvalue weighted by Gasteiger charge is 2.23. The first kappa shape index (κ1) is 20.3. The number of para-hydroxylation sites is 1. The van der Waals surface area contributed by atoms with Gasteiger partial charge in [-0.25, -0.2) is 4.98 Å². The van der Waals surface area contributed by atoms with E-state index in [0.29, 0.717) is 25.4 Å². The first-order valence-electron chi connectivity index (χ1n) is 9.85. The summed E-state index contributed by atoms with van der Waals surface area (Å²) in [4.78, 5) is 23.3. The predicted octanol–water partition coefficient (Wildman–Crippen LogP) is 3.30. The minimum absolute atomic E-state index is 0.193. The number of anilines is 1. The van der Waals surface area contributed by atoms with E-state index in [-0.39, 0.29) is 5.91 Å². The molecule has 0 radical (unpaired) electrons. The van der Waals surface area contributed by atoms with Gasteiger partial charge in [0, 0.05) is 37.6 Å². The van der Waals surface area contributed by atoms with Gasteiger partial charge in [-0.15, -0.1) is 11.3 Å². The number of amides is 1. The Balaban J connectivity index is 1.38. The third-order valence-electron chi connectivity index (χ3n) is 4.84. The summed E-state index contributed by atoms with van der Waals surface area (Å²) in [5, 5.41) is 9.73. The molecule has 2 N–H and O–H groups in total. The molecule has 6 nitrogen and oxygen atoms in total. The van der Waals surface area contributed by atoms with Crippen molar-refractivity contribution in [3.63, 3.8) is 0 Å². The molecule has 150 valence electrons. The highest BCUT2D eigenvalue weighted by atomic mass is 32.1. The zero-order valence-corrected chi connectivity index (χ0v) is 17.7. The molecule has 0 bridgehead atoms. The summed E-state index contributed by atoms with van der Waals surface area (Å²) in [6.07, 6.45) is 2.25. The average molecular weight is 400 g/mol. The van der Waals surface area contributed by atoms with Gasteiger partial charge < -0.3 is 15.5 Å². The van der Waals surface area contributed by atoms with Gasteiger partial charge in [0.1, 0.15) is 5.01 Å². The number of nitrogens with one attached hydrogen (secondary N) is 2. The van der Waals surface area contributed by atoms with E-state index in [1.54, 1.807) is 18.4 Å². The number of benzene rings is 1. The van der Waals surface area contributed by atoms with E-state index in [0.717, 1.165) is 41.7 Å². The van der Waals surface area contributed by atoms with Crippen molar-refractivity contribution in [1.29, 1.82) is 0 Å². The van der Waals surface area contributed by atoms with Crippen LogP contribution in [0.3, 0.4) is 0 Å². The topological polar surface area (TPSA) is 69.6 Å². The van der Waals surface area contributed by atoms with Crippen molar-refractivity contribution in [3.8, 4) is 0 Å². The zero-order chi connectivity index (χ0) is 19.9. The standard InChI is InChI=1S/C21H29N5OS/c1-15(2)17-14-28-19(25-17)13-24-21(22-3)23-11-6-9-20(27)26-12-10-16-7-4-5-8-18(16)26/h4-5,7-8,14-15H,6,9-13H2,1-3H3,(H2,22,23,24). The number of nitrogens with zero attached hydrogens (tertiary/aromatic N) is 3. The summed E-state index contributed by atoms with van der Waals surface area (Å²) < 4.78 is 0. The second-order valence-electron chi connectivity index (χ2n) is 7.20. The molecule has 3 rings (SSSR count). The summed E-state index contributed by atoms with van der Waals surface area (Å²) in [5.41, 5.74) is 3.47. The molecule has 1 amide bonds. The van der Waals surface area contributed by atoms with Gasteiger partial charge in [0.05, 0.1) is 12.2 Å². The number of aliphatic imine (C=N–C) groups is 1. The molecule has 0 saturated carbocycles. The lowest BCUT2D eigenvalue weighted by Crippen LogP contribution is -2.37. The number of hydrogen-bond donors (Lipinski definition) is 2. The molecule has 7 heteroatoms. The number of carbonyl (C=O) groups is 1. The lowest BCUT2D eigenvalue weighted by molar-refractivity contribution is -0.118. The molecule has 1 aromatic carbocycles. The van der Waals surface area contributed by atoms with E-state index in [1.807, 2.05) is 23.1 Å². The van der Waals surface area contributed by atoms with E-state index in [9.17, 15) is 4.79 Å². The molecular weight excluding hydrogens is 370 g/mol. The van der Waals surface area contributed by atoms with Crippen LogP contribution >= 0.6 is 11.3 Å². The first-order valence-corrected chi connectivity index (χ1v) is 10.7. The number of fused-ring (bicyclic) bond motifs is 1. The number of rotatable bonds is 7. The Morgan fingerprint density at radius 3 is 2.89 bits per heavy atom. The Morgan fingerprint density at radius 2 is 2.14 bits per heavy atom. The number of hydrogen-bond acceptors (Lipinski definition) is 4. The largest absolute Gasteiger partial charge is 0.356 e. The van der Waals surface area contributed by atoms with E-state index < -0.39 is 0 Å². The lowest BCUT2D eigenvalue weighted by atomic mass is 10.2. The minimum Gasteiger partial charge on any atom is -0.356 e. The second kappa shape index (κ2) is 9.68. The molecule has 0 fully saturated rings. The van der Waals surface area contributed by atoms with E-state index in [2.05, 4.69) is 45.9 Å². The van der Waals surface area contributed by atoms with Gasteiger partial charge in [-0.3, -0.25) is 9.79 Å². The molecule has 2 aromatic rings. The maximum absolute atomic E-state index is 12.5. The first-order chi connectivity index (χ1) is 13.6. The Kier molecular flexibility index (Phi) is 7.03. The molecule has 1 aromatic heterocycles. The summed E-state index contributed by atoms with van der Waals surface area (Å²) in [5.74, 6) is 1.38. The third kappa shape index (κ3) is 5.10. The van der Waals surface area contributed by atoms with E-state index in [4.69, 9.17) is 0 Å². The number of thiazole rings is 1. The van der Waals surface area contributed by atoms with Gasteiger partial charge in [0.15, 0.2) is 5.96 Å². The summed E-state index contributed by atoms with van der Waals surface area (Å²) in [7, 11) is 1.75. The molecule has 0 saturated heterocycles. The van der Waals surface area contributed by atoms with E-state index >= 15 is 0 Å². The van der Waals surface area contributed by atoms with Crippen LogP contribution in [0.15, 0.2) is 34.6 Å².